The minimum absolute atomic E-state index is 0.445. The predicted octanol–water partition coefficient (Wildman–Crippen LogP) is 4.38. The van der Waals surface area contributed by atoms with Crippen LogP contribution in [0.5, 0.6) is 0 Å². The van der Waals surface area contributed by atoms with E-state index in [-0.39, 0.29) is 0 Å². The van der Waals surface area contributed by atoms with Gasteiger partial charge in [-0.2, -0.15) is 0 Å². The molecule has 1 aromatic heterocycles. The summed E-state index contributed by atoms with van der Waals surface area (Å²) in [7, 11) is 0. The molecule has 3 N–H and O–H groups in total. The molecule has 0 saturated heterocycles. The largest absolute Gasteiger partial charge is 0.392 e. The van der Waals surface area contributed by atoms with Gasteiger partial charge in [0.2, 0.25) is 0 Å². The number of rotatable bonds is 6. The molecule has 3 rings (SSSR count). The van der Waals surface area contributed by atoms with Gasteiger partial charge < -0.3 is 20.1 Å². The number of aliphatic hydroxyl groups excluding tert-OH is 2. The second-order valence-corrected chi connectivity index (χ2v) is 7.49. The molecule has 1 aromatic carbocycles. The number of aliphatic hydroxyl groups is 2. The van der Waals surface area contributed by atoms with Crippen LogP contribution in [0.4, 0.5) is 5.69 Å². The van der Waals surface area contributed by atoms with Crippen LogP contribution in [0.25, 0.3) is 10.9 Å². The minimum Gasteiger partial charge on any atom is -0.392 e. The van der Waals surface area contributed by atoms with E-state index in [2.05, 4.69) is 5.32 Å². The number of fused-ring (bicyclic) bond motifs is 1. The van der Waals surface area contributed by atoms with Crippen LogP contribution in [0, 0.1) is 5.92 Å². The molecule has 5 heteroatoms. The van der Waals surface area contributed by atoms with Crippen LogP contribution in [0.15, 0.2) is 24.4 Å². The van der Waals surface area contributed by atoms with Crippen molar-refractivity contribution < 1.29 is 10.2 Å². The number of nitrogens with zero attached hydrogens (tertiary/aromatic N) is 1. The van der Waals surface area contributed by atoms with Gasteiger partial charge in [0.1, 0.15) is 6.23 Å². The molecule has 24 heavy (non-hydrogen) atoms. The van der Waals surface area contributed by atoms with Crippen molar-refractivity contribution in [3.8, 4) is 0 Å². The maximum atomic E-state index is 10.5. The van der Waals surface area contributed by atoms with Crippen molar-refractivity contribution in [3.63, 3.8) is 0 Å². The monoisotopic (exact) mass is 350 g/mol. The molecule has 1 saturated carbocycles. The highest BCUT2D eigenvalue weighted by Gasteiger charge is 2.19. The number of hydrogen-bond acceptors (Lipinski definition) is 3. The van der Waals surface area contributed by atoms with Crippen molar-refractivity contribution in [1.82, 2.24) is 4.57 Å². The third kappa shape index (κ3) is 4.05. The summed E-state index contributed by atoms with van der Waals surface area (Å²) >= 11 is 6.39. The van der Waals surface area contributed by atoms with Crippen LogP contribution in [0.2, 0.25) is 5.02 Å². The quantitative estimate of drug-likeness (QED) is 0.678. The highest BCUT2D eigenvalue weighted by atomic mass is 35.5. The Hall–Kier alpha value is -1.23. The Bertz CT molecular complexity index is 677. The molecule has 132 valence electrons. The fraction of sp³-hybridized carbons (Fsp3) is 0.579. The van der Waals surface area contributed by atoms with Crippen molar-refractivity contribution in [1.29, 1.82) is 0 Å². The van der Waals surface area contributed by atoms with E-state index in [0.29, 0.717) is 17.5 Å². The van der Waals surface area contributed by atoms with E-state index in [1.165, 1.54) is 32.1 Å². The Morgan fingerprint density at radius 3 is 2.71 bits per heavy atom. The normalized spacial score (nSPS) is 18.7. The predicted molar refractivity (Wildman–Crippen MR) is 99.5 cm³/mol. The summed E-state index contributed by atoms with van der Waals surface area (Å²) in [5, 5.41) is 25.0. The average Bonchev–Trinajstić information content (AvgIpc) is 2.86. The number of benzene rings is 1. The number of nitrogens with one attached hydrogen (secondary N) is 1. The van der Waals surface area contributed by atoms with E-state index in [1.54, 1.807) is 6.92 Å². The lowest BCUT2D eigenvalue weighted by atomic mass is 9.86. The minimum atomic E-state index is -0.574. The average molecular weight is 351 g/mol. The SMILES string of the molecule is CC(O)Cn1cc(NC(O)CC2CCCCC2)c2c(Cl)cccc21. The van der Waals surface area contributed by atoms with Gasteiger partial charge in [-0.1, -0.05) is 49.8 Å². The van der Waals surface area contributed by atoms with Crippen molar-refractivity contribution in [2.45, 2.75) is 64.3 Å². The number of anilines is 1. The molecule has 0 aliphatic heterocycles. The molecule has 0 amide bonds. The molecule has 0 spiro atoms. The first kappa shape index (κ1) is 17.6. The Morgan fingerprint density at radius 2 is 2.00 bits per heavy atom. The van der Waals surface area contributed by atoms with Gasteiger partial charge in [-0.3, -0.25) is 0 Å². The van der Waals surface area contributed by atoms with Gasteiger partial charge in [0.25, 0.3) is 0 Å². The Kier molecular flexibility index (Phi) is 5.69. The zero-order chi connectivity index (χ0) is 17.1. The summed E-state index contributed by atoms with van der Waals surface area (Å²) in [4.78, 5) is 0. The first-order valence-electron chi connectivity index (χ1n) is 8.94. The van der Waals surface area contributed by atoms with Crippen LogP contribution in [0.1, 0.15) is 45.4 Å². The molecule has 1 aliphatic rings. The third-order valence-electron chi connectivity index (χ3n) is 4.92. The number of aromatic nitrogens is 1. The van der Waals surface area contributed by atoms with E-state index in [0.717, 1.165) is 23.0 Å². The Balaban J connectivity index is 1.80. The topological polar surface area (TPSA) is 57.4 Å². The highest BCUT2D eigenvalue weighted by Crippen LogP contribution is 2.34. The van der Waals surface area contributed by atoms with E-state index in [4.69, 9.17) is 11.6 Å². The fourth-order valence-corrected chi connectivity index (χ4v) is 4.10. The zero-order valence-electron chi connectivity index (χ0n) is 14.2. The summed E-state index contributed by atoms with van der Waals surface area (Å²) in [6, 6.07) is 5.75. The molecule has 2 atom stereocenters. The van der Waals surface area contributed by atoms with Crippen molar-refractivity contribution in [2.24, 2.45) is 5.92 Å². The van der Waals surface area contributed by atoms with E-state index in [9.17, 15) is 10.2 Å². The zero-order valence-corrected chi connectivity index (χ0v) is 15.0. The molecule has 1 fully saturated rings. The van der Waals surface area contributed by atoms with Gasteiger partial charge in [-0.05, 0) is 31.4 Å². The first-order valence-corrected chi connectivity index (χ1v) is 9.32. The third-order valence-corrected chi connectivity index (χ3v) is 5.23. The van der Waals surface area contributed by atoms with E-state index < -0.39 is 12.3 Å². The smallest absolute Gasteiger partial charge is 0.124 e. The van der Waals surface area contributed by atoms with Gasteiger partial charge in [0.05, 0.1) is 22.3 Å². The molecule has 4 nitrogen and oxygen atoms in total. The van der Waals surface area contributed by atoms with E-state index in [1.807, 2.05) is 29.0 Å². The van der Waals surface area contributed by atoms with Crippen molar-refractivity contribution >= 4 is 28.2 Å². The molecular weight excluding hydrogens is 324 g/mol. The van der Waals surface area contributed by atoms with Crippen molar-refractivity contribution in [3.05, 3.63) is 29.4 Å². The van der Waals surface area contributed by atoms with Gasteiger partial charge in [0.15, 0.2) is 0 Å². The molecule has 0 bridgehead atoms. The molecule has 0 radical (unpaired) electrons. The van der Waals surface area contributed by atoms with Crippen LogP contribution in [-0.4, -0.2) is 27.1 Å². The Labute approximate surface area is 148 Å². The van der Waals surface area contributed by atoms with E-state index >= 15 is 0 Å². The van der Waals surface area contributed by atoms with Gasteiger partial charge in [-0.25, -0.2) is 0 Å². The second-order valence-electron chi connectivity index (χ2n) is 7.08. The summed E-state index contributed by atoms with van der Waals surface area (Å²) in [6.45, 7) is 2.26. The second kappa shape index (κ2) is 7.77. The summed E-state index contributed by atoms with van der Waals surface area (Å²) < 4.78 is 1.99. The molecular formula is C19H27ClN2O2. The fourth-order valence-electron chi connectivity index (χ4n) is 3.83. The van der Waals surface area contributed by atoms with Crippen LogP contribution in [0.3, 0.4) is 0 Å². The molecule has 2 unspecified atom stereocenters. The summed E-state index contributed by atoms with van der Waals surface area (Å²) in [5.41, 5.74) is 1.80. The maximum absolute atomic E-state index is 10.5. The van der Waals surface area contributed by atoms with Crippen molar-refractivity contribution in [2.75, 3.05) is 5.32 Å². The van der Waals surface area contributed by atoms with Crippen LogP contribution >= 0.6 is 11.6 Å². The standard InChI is InChI=1S/C19H27ClN2O2/c1-13(23)11-22-12-16(19-15(20)8-5-9-17(19)22)21-18(24)10-14-6-3-2-4-7-14/h5,8-9,12-14,18,21,23-24H,2-4,6-7,10-11H2,1H3. The van der Waals surface area contributed by atoms with Gasteiger partial charge in [-0.15, -0.1) is 0 Å². The van der Waals surface area contributed by atoms with Gasteiger partial charge in [0, 0.05) is 18.1 Å². The van der Waals surface area contributed by atoms with Crippen LogP contribution < -0.4 is 5.32 Å². The summed E-state index contributed by atoms with van der Waals surface area (Å²) in [5.74, 6) is 0.600. The molecule has 1 heterocycles. The first-order chi connectivity index (χ1) is 11.5. The number of halogens is 1. The lowest BCUT2D eigenvalue weighted by Crippen LogP contribution is -2.23. The Morgan fingerprint density at radius 1 is 1.25 bits per heavy atom. The van der Waals surface area contributed by atoms with Crippen LogP contribution in [-0.2, 0) is 6.54 Å². The highest BCUT2D eigenvalue weighted by molar-refractivity contribution is 6.36. The number of hydrogen-bond donors (Lipinski definition) is 3. The molecule has 2 aromatic rings. The maximum Gasteiger partial charge on any atom is 0.124 e. The lowest BCUT2D eigenvalue weighted by Gasteiger charge is -2.24. The van der Waals surface area contributed by atoms with Gasteiger partial charge >= 0.3 is 0 Å². The lowest BCUT2D eigenvalue weighted by molar-refractivity contribution is 0.154. The molecule has 1 aliphatic carbocycles. The summed E-state index contributed by atoms with van der Waals surface area (Å²) in [6.07, 6.45) is 7.98.